The minimum Gasteiger partial charge on any atom is -0.495 e. The van der Waals surface area contributed by atoms with Crippen molar-refractivity contribution in [1.29, 1.82) is 0 Å². The summed E-state index contributed by atoms with van der Waals surface area (Å²) >= 11 is 5.98. The number of fused-ring (bicyclic) bond motifs is 1. The fourth-order valence-corrected chi connectivity index (χ4v) is 5.76. The number of para-hydroxylation sites is 1. The summed E-state index contributed by atoms with van der Waals surface area (Å²) in [6.07, 6.45) is 10.8. The molecule has 1 amide bonds. The molecule has 1 unspecified atom stereocenters. The van der Waals surface area contributed by atoms with Crippen LogP contribution in [0.1, 0.15) is 65.2 Å². The van der Waals surface area contributed by atoms with Gasteiger partial charge in [0.15, 0.2) is 0 Å². The van der Waals surface area contributed by atoms with Gasteiger partial charge in [0.05, 0.1) is 30.2 Å². The summed E-state index contributed by atoms with van der Waals surface area (Å²) in [5.74, 6) is 1.05. The van der Waals surface area contributed by atoms with Gasteiger partial charge in [-0.25, -0.2) is 4.79 Å². The highest BCUT2D eigenvalue weighted by molar-refractivity contribution is 6.31. The van der Waals surface area contributed by atoms with Crippen molar-refractivity contribution in [2.24, 2.45) is 11.8 Å². The average molecular weight is 600 g/mol. The number of aromatic nitrogens is 2. The second-order valence-electron chi connectivity index (χ2n) is 10.9. The van der Waals surface area contributed by atoms with E-state index in [1.165, 1.54) is 71.5 Å². The molecule has 1 heterocycles. The summed E-state index contributed by atoms with van der Waals surface area (Å²) in [7, 11) is 1.45. The number of ketones is 1. The van der Waals surface area contributed by atoms with Crippen LogP contribution in [-0.4, -0.2) is 39.6 Å². The molecule has 0 aliphatic heterocycles. The topological polar surface area (TPSA) is 120 Å². The second-order valence-corrected chi connectivity index (χ2v) is 11.4. The van der Waals surface area contributed by atoms with E-state index < -0.39 is 17.2 Å². The van der Waals surface area contributed by atoms with Crippen LogP contribution in [0, 0.1) is 11.8 Å². The lowest BCUT2D eigenvalue weighted by Crippen LogP contribution is -2.42. The van der Waals surface area contributed by atoms with Crippen LogP contribution in [0.25, 0.3) is 10.9 Å². The van der Waals surface area contributed by atoms with E-state index in [2.05, 4.69) is 12.2 Å². The monoisotopic (exact) mass is 599 g/mol. The Labute approximate surface area is 251 Å². The molecule has 1 aliphatic carbocycles. The van der Waals surface area contributed by atoms with Gasteiger partial charge in [-0.05, 0) is 61.9 Å². The van der Waals surface area contributed by atoms with Gasteiger partial charge in [0, 0.05) is 11.6 Å². The van der Waals surface area contributed by atoms with Crippen molar-refractivity contribution in [2.45, 2.75) is 78.3 Å². The van der Waals surface area contributed by atoms with Crippen LogP contribution in [0.3, 0.4) is 0 Å². The molecule has 9 nitrogen and oxygen atoms in total. The Morgan fingerprint density at radius 2 is 1.79 bits per heavy atom. The highest BCUT2D eigenvalue weighted by atomic mass is 35.5. The number of hydrogen-bond donors (Lipinski definition) is 2. The number of methoxy groups -OCH3 is 1. The predicted molar refractivity (Wildman–Crippen MR) is 166 cm³/mol. The van der Waals surface area contributed by atoms with E-state index in [9.17, 15) is 24.3 Å². The van der Waals surface area contributed by atoms with Crippen molar-refractivity contribution >= 4 is 39.9 Å². The number of aliphatic hydroxyl groups is 1. The molecule has 2 N–H and O–H groups in total. The van der Waals surface area contributed by atoms with Crippen LogP contribution in [0.5, 0.6) is 5.75 Å². The molecule has 1 aromatic heterocycles. The number of nitrogens with zero attached hydrogens (tertiary/aromatic N) is 2. The van der Waals surface area contributed by atoms with Gasteiger partial charge in [-0.15, -0.1) is 0 Å². The Balaban J connectivity index is 0.000000312. The Kier molecular flexibility index (Phi) is 12.8. The highest BCUT2D eigenvalue weighted by Gasteiger charge is 2.18. The van der Waals surface area contributed by atoms with Gasteiger partial charge in [-0.3, -0.25) is 23.5 Å². The first-order valence-electron chi connectivity index (χ1n) is 14.6. The van der Waals surface area contributed by atoms with Crippen molar-refractivity contribution in [3.63, 3.8) is 0 Å². The van der Waals surface area contributed by atoms with Crippen molar-refractivity contribution in [3.05, 3.63) is 68.3 Å². The number of benzene rings is 2. The van der Waals surface area contributed by atoms with E-state index in [1.807, 2.05) is 0 Å². The quantitative estimate of drug-likeness (QED) is 0.304. The Morgan fingerprint density at radius 3 is 2.43 bits per heavy atom. The maximum atomic E-state index is 12.9. The van der Waals surface area contributed by atoms with Crippen LogP contribution in [0.4, 0.5) is 5.69 Å². The Bertz CT molecular complexity index is 1470. The normalized spacial score (nSPS) is 14.1. The number of aliphatic hydroxyl groups excluding tert-OH is 1. The summed E-state index contributed by atoms with van der Waals surface area (Å²) in [6.45, 7) is 3.16. The minimum absolute atomic E-state index is 0.237. The highest BCUT2D eigenvalue weighted by Crippen LogP contribution is 2.30. The molecular formula is C32H42ClN3O6. The molecule has 0 saturated heterocycles. The summed E-state index contributed by atoms with van der Waals surface area (Å²) in [5.41, 5.74) is -0.666. The largest absolute Gasteiger partial charge is 0.495 e. The molecule has 1 fully saturated rings. The molecule has 2 aromatic carbocycles. The lowest BCUT2D eigenvalue weighted by Gasteiger charge is -2.25. The zero-order valence-electron chi connectivity index (χ0n) is 24.7. The predicted octanol–water partition coefficient (Wildman–Crippen LogP) is 5.42. The smallest absolute Gasteiger partial charge is 0.332 e. The third-order valence-electron chi connectivity index (χ3n) is 7.60. The maximum absolute atomic E-state index is 12.9. The SMILES string of the molecule is CCCC(CO)CC1CCCCC1.COc1ccc(Cl)cc1NC(=O)Cn1c(=O)n(CC(C)=O)c(=O)c2ccccc21. The van der Waals surface area contributed by atoms with Gasteiger partial charge in [0.2, 0.25) is 5.91 Å². The van der Waals surface area contributed by atoms with Crippen LogP contribution in [0.15, 0.2) is 52.1 Å². The number of ether oxygens (including phenoxy) is 1. The van der Waals surface area contributed by atoms with E-state index in [-0.39, 0.29) is 24.3 Å². The molecule has 0 bridgehead atoms. The van der Waals surface area contributed by atoms with Crippen LogP contribution in [-0.2, 0) is 22.7 Å². The van der Waals surface area contributed by atoms with Crippen molar-refractivity contribution < 1.29 is 19.4 Å². The molecule has 4 rings (SSSR count). The van der Waals surface area contributed by atoms with Crippen molar-refractivity contribution in [2.75, 3.05) is 19.0 Å². The van der Waals surface area contributed by atoms with Crippen LogP contribution < -0.4 is 21.3 Å². The molecule has 42 heavy (non-hydrogen) atoms. The molecule has 10 heteroatoms. The number of hydrogen-bond acceptors (Lipinski definition) is 6. The zero-order chi connectivity index (χ0) is 30.6. The van der Waals surface area contributed by atoms with Gasteiger partial charge in [0.25, 0.3) is 5.56 Å². The van der Waals surface area contributed by atoms with Crippen LogP contribution in [0.2, 0.25) is 5.02 Å². The average Bonchev–Trinajstić information content (AvgIpc) is 2.98. The molecule has 1 saturated carbocycles. The van der Waals surface area contributed by atoms with Gasteiger partial charge in [-0.1, -0.05) is 69.2 Å². The number of carbonyl (C=O) groups excluding carboxylic acids is 2. The van der Waals surface area contributed by atoms with E-state index in [0.717, 1.165) is 15.1 Å². The summed E-state index contributed by atoms with van der Waals surface area (Å²) < 4.78 is 7.19. The van der Waals surface area contributed by atoms with Gasteiger partial charge >= 0.3 is 5.69 Å². The van der Waals surface area contributed by atoms with E-state index in [0.29, 0.717) is 34.5 Å². The van der Waals surface area contributed by atoms with Crippen molar-refractivity contribution in [3.8, 4) is 5.75 Å². The third kappa shape index (κ3) is 9.03. The number of halogens is 1. The van der Waals surface area contributed by atoms with E-state index >= 15 is 0 Å². The molecule has 3 aromatic rings. The molecular weight excluding hydrogens is 558 g/mol. The fraction of sp³-hybridized carbons (Fsp3) is 0.500. The maximum Gasteiger partial charge on any atom is 0.332 e. The number of nitrogens with one attached hydrogen (secondary N) is 1. The first-order chi connectivity index (χ1) is 20.2. The number of anilines is 1. The first kappa shape index (κ1) is 33.1. The fourth-order valence-electron chi connectivity index (χ4n) is 5.58. The lowest BCUT2D eigenvalue weighted by atomic mass is 9.82. The lowest BCUT2D eigenvalue weighted by molar-refractivity contribution is -0.117. The second kappa shape index (κ2) is 16.3. The minimum atomic E-state index is -0.739. The van der Waals surface area contributed by atoms with Gasteiger partial charge < -0.3 is 15.2 Å². The summed E-state index contributed by atoms with van der Waals surface area (Å²) in [5, 5.41) is 12.5. The molecule has 1 atom stereocenters. The summed E-state index contributed by atoms with van der Waals surface area (Å²) in [6, 6.07) is 11.2. The standard InChI is InChI=1S/C20H18ClN3O5.C12H24O/c1-12(25)10-24-19(27)14-5-3-4-6-16(14)23(20(24)28)11-18(26)22-15-9-13(21)7-8-17(15)29-2;1-2-6-12(10-13)9-11-7-4-3-5-8-11/h3-9H,10-11H2,1-2H3,(H,22,26);11-13H,2-10H2,1H3. The van der Waals surface area contributed by atoms with Crippen LogP contribution >= 0.6 is 11.6 Å². The first-order valence-corrected chi connectivity index (χ1v) is 15.0. The Morgan fingerprint density at radius 1 is 1.07 bits per heavy atom. The third-order valence-corrected chi connectivity index (χ3v) is 7.83. The zero-order valence-corrected chi connectivity index (χ0v) is 25.5. The summed E-state index contributed by atoms with van der Waals surface area (Å²) in [4.78, 5) is 49.6. The molecule has 0 spiro atoms. The van der Waals surface area contributed by atoms with E-state index in [1.54, 1.807) is 36.4 Å². The van der Waals surface area contributed by atoms with E-state index in [4.69, 9.17) is 16.3 Å². The van der Waals surface area contributed by atoms with Gasteiger partial charge in [0.1, 0.15) is 18.1 Å². The van der Waals surface area contributed by atoms with Crippen molar-refractivity contribution in [1.82, 2.24) is 9.13 Å². The number of Topliss-reactive ketones (excluding diaryl/α,β-unsaturated/α-hetero) is 1. The number of carbonyl (C=O) groups is 2. The molecule has 228 valence electrons. The van der Waals surface area contributed by atoms with Gasteiger partial charge in [-0.2, -0.15) is 0 Å². The number of amides is 1. The molecule has 0 radical (unpaired) electrons. The molecule has 1 aliphatic rings. The number of rotatable bonds is 11. The Hall–Kier alpha value is -3.43.